The van der Waals surface area contributed by atoms with Crippen LogP contribution >= 0.6 is 0 Å². The second-order valence-electron chi connectivity index (χ2n) is 8.78. The number of rotatable bonds is 5. The highest BCUT2D eigenvalue weighted by Gasteiger charge is 2.56. The van der Waals surface area contributed by atoms with Crippen molar-refractivity contribution >= 4 is 14.0 Å². The van der Waals surface area contributed by atoms with Crippen molar-refractivity contribution in [3.63, 3.8) is 0 Å². The molecular formula is C18H31NO3Si. The third-order valence-electron chi connectivity index (χ3n) is 4.46. The van der Waals surface area contributed by atoms with E-state index in [1.165, 1.54) is 12.1 Å². The second kappa shape index (κ2) is 6.63. The molecule has 0 radical (unpaired) electrons. The third kappa shape index (κ3) is 4.34. The molecule has 0 saturated carbocycles. The molecule has 0 aliphatic heterocycles. The number of benzene rings is 1. The molecule has 1 rings (SSSR count). The summed E-state index contributed by atoms with van der Waals surface area (Å²) in [6, 6.07) is 7.57. The van der Waals surface area contributed by atoms with E-state index in [0.29, 0.717) is 5.92 Å². The molecule has 23 heavy (non-hydrogen) atoms. The van der Waals surface area contributed by atoms with Crippen LogP contribution in [-0.2, 0) is 0 Å². The van der Waals surface area contributed by atoms with Gasteiger partial charge in [0.15, 0.2) is 0 Å². The Labute approximate surface area is 141 Å². The highest BCUT2D eigenvalue weighted by atomic mass is 28.4. The minimum Gasteiger partial charge on any atom is -0.542 e. The first-order valence-corrected chi connectivity index (χ1v) is 10.4. The van der Waals surface area contributed by atoms with Crippen molar-refractivity contribution in [2.75, 3.05) is 0 Å². The summed E-state index contributed by atoms with van der Waals surface area (Å²) in [5.74, 6) is 1.28. The van der Waals surface area contributed by atoms with Crippen LogP contribution in [0.4, 0.5) is 5.69 Å². The lowest BCUT2D eigenvalue weighted by atomic mass is 10.2. The number of nitro groups is 1. The number of nitro benzene ring substituents is 1. The van der Waals surface area contributed by atoms with Gasteiger partial charge >= 0.3 is 0 Å². The first-order valence-electron chi connectivity index (χ1n) is 8.23. The monoisotopic (exact) mass is 337 g/mol. The molecular weight excluding hydrogens is 306 g/mol. The molecule has 0 heterocycles. The largest absolute Gasteiger partial charge is 0.542 e. The Morgan fingerprint density at radius 2 is 1.48 bits per heavy atom. The lowest BCUT2D eigenvalue weighted by Crippen LogP contribution is -2.57. The predicted molar refractivity (Wildman–Crippen MR) is 98.6 cm³/mol. The zero-order chi connectivity index (χ0) is 18.1. The van der Waals surface area contributed by atoms with Gasteiger partial charge in [-0.05, 0) is 34.2 Å². The lowest BCUT2D eigenvalue weighted by molar-refractivity contribution is -0.384. The van der Waals surface area contributed by atoms with Crippen molar-refractivity contribution in [1.29, 1.82) is 0 Å². The Morgan fingerprint density at radius 3 is 1.78 bits per heavy atom. The summed E-state index contributed by atoms with van der Waals surface area (Å²) >= 11 is 0. The van der Waals surface area contributed by atoms with Gasteiger partial charge in [-0.1, -0.05) is 55.4 Å². The first kappa shape index (κ1) is 19.7. The van der Waals surface area contributed by atoms with E-state index in [9.17, 15) is 10.1 Å². The van der Waals surface area contributed by atoms with Crippen molar-refractivity contribution < 1.29 is 9.35 Å². The molecule has 4 nitrogen and oxygen atoms in total. The van der Waals surface area contributed by atoms with E-state index in [2.05, 4.69) is 55.4 Å². The van der Waals surface area contributed by atoms with E-state index in [0.717, 1.165) is 11.8 Å². The fourth-order valence-corrected chi connectivity index (χ4v) is 9.36. The van der Waals surface area contributed by atoms with Crippen molar-refractivity contribution in [2.45, 2.75) is 71.5 Å². The molecule has 0 saturated heterocycles. The summed E-state index contributed by atoms with van der Waals surface area (Å²) in [6.45, 7) is 18.0. The average Bonchev–Trinajstić information content (AvgIpc) is 2.35. The summed E-state index contributed by atoms with van der Waals surface area (Å²) in [5, 5.41) is 10.9. The fraction of sp³-hybridized carbons (Fsp3) is 0.667. The summed E-state index contributed by atoms with van der Waals surface area (Å²) < 4.78 is 6.69. The quantitative estimate of drug-likeness (QED) is 0.366. The molecule has 0 aromatic heterocycles. The van der Waals surface area contributed by atoms with Crippen LogP contribution < -0.4 is 4.43 Å². The van der Waals surface area contributed by atoms with Crippen molar-refractivity contribution in [3.05, 3.63) is 34.4 Å². The highest BCUT2D eigenvalue weighted by Crippen LogP contribution is 2.54. The first-order chi connectivity index (χ1) is 10.3. The van der Waals surface area contributed by atoms with Gasteiger partial charge in [0.2, 0.25) is 0 Å². The van der Waals surface area contributed by atoms with Gasteiger partial charge in [0.1, 0.15) is 5.75 Å². The predicted octanol–water partition coefficient (Wildman–Crippen LogP) is 6.18. The van der Waals surface area contributed by atoms with Gasteiger partial charge in [-0.25, -0.2) is 0 Å². The van der Waals surface area contributed by atoms with Crippen LogP contribution in [0.1, 0.15) is 55.4 Å². The molecule has 0 fully saturated rings. The van der Waals surface area contributed by atoms with E-state index in [4.69, 9.17) is 4.43 Å². The van der Waals surface area contributed by atoms with E-state index in [1.807, 2.05) is 0 Å². The zero-order valence-corrected chi connectivity index (χ0v) is 16.8. The smallest absolute Gasteiger partial charge is 0.269 e. The Hall–Kier alpha value is -1.36. The van der Waals surface area contributed by atoms with Crippen LogP contribution in [0.2, 0.25) is 16.1 Å². The third-order valence-corrected chi connectivity index (χ3v) is 11.3. The molecule has 0 aliphatic carbocycles. The molecule has 0 atom stereocenters. The minimum atomic E-state index is -2.22. The summed E-state index contributed by atoms with van der Waals surface area (Å²) in [5.41, 5.74) is 0.0972. The summed E-state index contributed by atoms with van der Waals surface area (Å²) in [6.07, 6.45) is 0. The standard InChI is InChI=1S/C18H31NO3Si/c1-14(2)13-23(17(3,4)5,18(6,7)8)22-16-11-9-15(10-12-16)19(20)21/h9-12,14H,13H2,1-8H3. The van der Waals surface area contributed by atoms with E-state index in [1.54, 1.807) is 12.1 Å². The van der Waals surface area contributed by atoms with Gasteiger partial charge in [-0.15, -0.1) is 0 Å². The molecule has 0 N–H and O–H groups in total. The highest BCUT2D eigenvalue weighted by molar-refractivity contribution is 6.80. The van der Waals surface area contributed by atoms with Crippen molar-refractivity contribution in [3.8, 4) is 5.75 Å². The van der Waals surface area contributed by atoms with Gasteiger partial charge < -0.3 is 4.43 Å². The number of hydrogen-bond donors (Lipinski definition) is 0. The topological polar surface area (TPSA) is 52.4 Å². The van der Waals surface area contributed by atoms with Gasteiger partial charge in [0, 0.05) is 12.1 Å². The lowest BCUT2D eigenvalue weighted by Gasteiger charge is -2.51. The molecule has 1 aromatic rings. The van der Waals surface area contributed by atoms with E-state index >= 15 is 0 Å². The summed E-state index contributed by atoms with van der Waals surface area (Å²) in [4.78, 5) is 10.5. The van der Waals surface area contributed by atoms with Crippen molar-refractivity contribution in [1.82, 2.24) is 0 Å². The molecule has 1 aromatic carbocycles. The van der Waals surface area contributed by atoms with E-state index in [-0.39, 0.29) is 20.7 Å². The SMILES string of the molecule is CC(C)C[Si](Oc1ccc([N+](=O)[O-])cc1)(C(C)(C)C)C(C)(C)C. The van der Waals surface area contributed by atoms with Gasteiger partial charge in [0.25, 0.3) is 14.0 Å². The van der Waals surface area contributed by atoms with Crippen LogP contribution in [0.15, 0.2) is 24.3 Å². The fourth-order valence-electron chi connectivity index (χ4n) is 3.50. The Kier molecular flexibility index (Phi) is 5.68. The maximum atomic E-state index is 10.8. The Bertz CT molecular complexity index is 525. The maximum absolute atomic E-state index is 10.8. The van der Waals surface area contributed by atoms with Crippen LogP contribution in [0.25, 0.3) is 0 Å². The maximum Gasteiger partial charge on any atom is 0.269 e. The number of hydrogen-bond acceptors (Lipinski definition) is 3. The van der Waals surface area contributed by atoms with Crippen molar-refractivity contribution in [2.24, 2.45) is 5.92 Å². The number of non-ortho nitro benzene ring substituents is 1. The molecule has 0 spiro atoms. The van der Waals surface area contributed by atoms with Gasteiger partial charge in [-0.2, -0.15) is 0 Å². The summed E-state index contributed by atoms with van der Waals surface area (Å²) in [7, 11) is -2.22. The number of nitrogens with zero attached hydrogens (tertiary/aromatic N) is 1. The molecule has 5 heteroatoms. The minimum absolute atomic E-state index is 0.0529. The Balaban J connectivity index is 3.31. The normalized spacial score (nSPS) is 13.3. The second-order valence-corrected chi connectivity index (χ2v) is 14.0. The van der Waals surface area contributed by atoms with Crippen LogP contribution in [-0.4, -0.2) is 13.2 Å². The van der Waals surface area contributed by atoms with Crippen LogP contribution in [0, 0.1) is 16.0 Å². The average molecular weight is 338 g/mol. The Morgan fingerprint density at radius 1 is 1.04 bits per heavy atom. The zero-order valence-electron chi connectivity index (χ0n) is 15.8. The molecule has 0 unspecified atom stereocenters. The van der Waals surface area contributed by atoms with E-state index < -0.39 is 8.32 Å². The van der Waals surface area contributed by atoms with Gasteiger partial charge in [-0.3, -0.25) is 10.1 Å². The molecule has 0 aliphatic rings. The van der Waals surface area contributed by atoms with Crippen LogP contribution in [0.5, 0.6) is 5.75 Å². The molecule has 0 bridgehead atoms. The molecule has 0 amide bonds. The molecule has 130 valence electrons. The van der Waals surface area contributed by atoms with Crippen LogP contribution in [0.3, 0.4) is 0 Å². The van der Waals surface area contributed by atoms with Gasteiger partial charge in [0.05, 0.1) is 4.92 Å².